The predicted molar refractivity (Wildman–Crippen MR) is 79.6 cm³/mol. The third kappa shape index (κ3) is 2.32. The van der Waals surface area contributed by atoms with E-state index in [9.17, 15) is 5.11 Å². The molecule has 0 aliphatic heterocycles. The van der Waals surface area contributed by atoms with Gasteiger partial charge in [-0.05, 0) is 34.0 Å². The van der Waals surface area contributed by atoms with Crippen LogP contribution in [-0.4, -0.2) is 5.11 Å². The molecule has 0 saturated heterocycles. The average molecular weight is 248 g/mol. The van der Waals surface area contributed by atoms with Crippen LogP contribution in [-0.2, 0) is 0 Å². The van der Waals surface area contributed by atoms with Crippen LogP contribution in [0.1, 0.15) is 24.0 Å². The topological polar surface area (TPSA) is 20.2 Å². The van der Waals surface area contributed by atoms with Crippen molar-refractivity contribution in [2.75, 3.05) is 0 Å². The standard InChI is InChI=1S/C18H16O/c1-13(14-8-10-18(19)11-9-14)16-7-6-15-4-2-3-5-17(15)12-16/h2-13,19H,1H3. The lowest BCUT2D eigenvalue weighted by Crippen LogP contribution is -1.95. The van der Waals surface area contributed by atoms with E-state index in [1.54, 1.807) is 12.1 Å². The molecule has 0 aliphatic carbocycles. The molecule has 0 bridgehead atoms. The Morgan fingerprint density at radius 1 is 0.737 bits per heavy atom. The van der Waals surface area contributed by atoms with Gasteiger partial charge in [0.1, 0.15) is 5.75 Å². The number of hydrogen-bond acceptors (Lipinski definition) is 1. The number of phenols is 1. The highest BCUT2D eigenvalue weighted by atomic mass is 16.3. The van der Waals surface area contributed by atoms with Gasteiger partial charge < -0.3 is 5.11 Å². The fourth-order valence-corrected chi connectivity index (χ4v) is 2.43. The number of rotatable bonds is 2. The Hall–Kier alpha value is -2.28. The summed E-state index contributed by atoms with van der Waals surface area (Å²) in [6.07, 6.45) is 0. The van der Waals surface area contributed by atoms with Crippen molar-refractivity contribution in [3.05, 3.63) is 77.9 Å². The summed E-state index contributed by atoms with van der Waals surface area (Å²) in [4.78, 5) is 0. The third-order valence-corrected chi connectivity index (χ3v) is 3.67. The number of fused-ring (bicyclic) bond motifs is 1. The van der Waals surface area contributed by atoms with Crippen LogP contribution in [0.15, 0.2) is 66.7 Å². The summed E-state index contributed by atoms with van der Waals surface area (Å²) < 4.78 is 0. The molecule has 94 valence electrons. The second kappa shape index (κ2) is 4.77. The molecule has 0 aliphatic rings. The van der Waals surface area contributed by atoms with E-state index in [1.165, 1.54) is 21.9 Å². The van der Waals surface area contributed by atoms with Crippen LogP contribution in [0.2, 0.25) is 0 Å². The minimum atomic E-state index is 0.314. The van der Waals surface area contributed by atoms with Crippen molar-refractivity contribution in [2.24, 2.45) is 0 Å². The van der Waals surface area contributed by atoms with Gasteiger partial charge in [-0.2, -0.15) is 0 Å². The molecule has 1 heteroatoms. The number of benzene rings is 3. The van der Waals surface area contributed by atoms with Gasteiger partial charge in [0.05, 0.1) is 0 Å². The SMILES string of the molecule is CC(c1ccc(O)cc1)c1ccc2ccccc2c1. The van der Waals surface area contributed by atoms with Gasteiger partial charge in [-0.1, -0.05) is 61.5 Å². The second-order valence-corrected chi connectivity index (χ2v) is 4.92. The van der Waals surface area contributed by atoms with Crippen molar-refractivity contribution < 1.29 is 5.11 Å². The molecule has 1 N–H and O–H groups in total. The molecule has 0 saturated carbocycles. The van der Waals surface area contributed by atoms with E-state index in [2.05, 4.69) is 49.4 Å². The Balaban J connectivity index is 2.01. The lowest BCUT2D eigenvalue weighted by molar-refractivity contribution is 0.475. The number of phenolic OH excluding ortho intramolecular Hbond substituents is 1. The van der Waals surface area contributed by atoms with Crippen molar-refractivity contribution in [3.8, 4) is 5.75 Å². The van der Waals surface area contributed by atoms with E-state index >= 15 is 0 Å². The summed E-state index contributed by atoms with van der Waals surface area (Å²) in [7, 11) is 0. The van der Waals surface area contributed by atoms with Gasteiger partial charge in [0.2, 0.25) is 0 Å². The summed E-state index contributed by atoms with van der Waals surface area (Å²) in [6, 6.07) is 22.4. The zero-order valence-electron chi connectivity index (χ0n) is 10.9. The van der Waals surface area contributed by atoms with Gasteiger partial charge in [0.15, 0.2) is 0 Å². The maximum absolute atomic E-state index is 9.35. The van der Waals surface area contributed by atoms with Crippen LogP contribution < -0.4 is 0 Å². The van der Waals surface area contributed by atoms with Crippen LogP contribution in [0.4, 0.5) is 0 Å². The maximum atomic E-state index is 9.35. The molecule has 1 nitrogen and oxygen atoms in total. The number of aromatic hydroxyl groups is 1. The highest BCUT2D eigenvalue weighted by Crippen LogP contribution is 2.27. The minimum Gasteiger partial charge on any atom is -0.508 e. The zero-order valence-corrected chi connectivity index (χ0v) is 10.9. The Labute approximate surface area is 113 Å². The Bertz CT molecular complexity index is 698. The fraction of sp³-hybridized carbons (Fsp3) is 0.111. The van der Waals surface area contributed by atoms with Crippen LogP contribution in [0, 0.1) is 0 Å². The molecule has 0 amide bonds. The third-order valence-electron chi connectivity index (χ3n) is 3.67. The molecule has 19 heavy (non-hydrogen) atoms. The van der Waals surface area contributed by atoms with Crippen molar-refractivity contribution >= 4 is 10.8 Å². The fourth-order valence-electron chi connectivity index (χ4n) is 2.43. The molecule has 1 unspecified atom stereocenters. The molecule has 0 heterocycles. The normalized spacial score (nSPS) is 12.5. The molecule has 0 radical (unpaired) electrons. The van der Waals surface area contributed by atoms with Gasteiger partial charge in [-0.25, -0.2) is 0 Å². The van der Waals surface area contributed by atoms with Gasteiger partial charge in [-0.3, -0.25) is 0 Å². The van der Waals surface area contributed by atoms with Gasteiger partial charge in [-0.15, -0.1) is 0 Å². The molecule has 1 atom stereocenters. The first-order valence-corrected chi connectivity index (χ1v) is 6.52. The first kappa shape index (κ1) is 11.8. The van der Waals surface area contributed by atoms with Gasteiger partial charge >= 0.3 is 0 Å². The van der Waals surface area contributed by atoms with E-state index in [4.69, 9.17) is 0 Å². The highest BCUT2D eigenvalue weighted by Gasteiger charge is 2.08. The Kier molecular flexibility index (Phi) is 2.96. The zero-order chi connectivity index (χ0) is 13.2. The Morgan fingerprint density at radius 2 is 1.37 bits per heavy atom. The van der Waals surface area contributed by atoms with E-state index in [0.29, 0.717) is 11.7 Å². The average Bonchev–Trinajstić information content (AvgIpc) is 2.47. The summed E-state index contributed by atoms with van der Waals surface area (Å²) in [6.45, 7) is 2.19. The van der Waals surface area contributed by atoms with E-state index < -0.39 is 0 Å². The van der Waals surface area contributed by atoms with E-state index in [-0.39, 0.29) is 0 Å². The molecular formula is C18H16O. The lowest BCUT2D eigenvalue weighted by Gasteiger charge is -2.13. The molecule has 0 spiro atoms. The smallest absolute Gasteiger partial charge is 0.115 e. The minimum absolute atomic E-state index is 0.314. The summed E-state index contributed by atoms with van der Waals surface area (Å²) in [5.41, 5.74) is 2.51. The van der Waals surface area contributed by atoms with Gasteiger partial charge in [0.25, 0.3) is 0 Å². The lowest BCUT2D eigenvalue weighted by atomic mass is 9.91. The predicted octanol–water partition coefficient (Wildman–Crippen LogP) is 4.70. The molecule has 3 aromatic carbocycles. The van der Waals surface area contributed by atoms with Crippen molar-refractivity contribution in [3.63, 3.8) is 0 Å². The summed E-state index contributed by atoms with van der Waals surface area (Å²) in [5, 5.41) is 11.9. The molecule has 3 aromatic rings. The van der Waals surface area contributed by atoms with Crippen LogP contribution >= 0.6 is 0 Å². The van der Waals surface area contributed by atoms with E-state index in [1.807, 2.05) is 12.1 Å². The van der Waals surface area contributed by atoms with Crippen LogP contribution in [0.25, 0.3) is 10.8 Å². The summed E-state index contributed by atoms with van der Waals surface area (Å²) >= 11 is 0. The first-order valence-electron chi connectivity index (χ1n) is 6.52. The molecule has 0 aromatic heterocycles. The second-order valence-electron chi connectivity index (χ2n) is 4.92. The molecular weight excluding hydrogens is 232 g/mol. The van der Waals surface area contributed by atoms with Crippen molar-refractivity contribution in [1.29, 1.82) is 0 Å². The largest absolute Gasteiger partial charge is 0.508 e. The highest BCUT2D eigenvalue weighted by molar-refractivity contribution is 5.83. The molecule has 3 rings (SSSR count). The van der Waals surface area contributed by atoms with Crippen LogP contribution in [0.3, 0.4) is 0 Å². The quantitative estimate of drug-likeness (QED) is 0.697. The maximum Gasteiger partial charge on any atom is 0.115 e. The monoisotopic (exact) mass is 248 g/mol. The van der Waals surface area contributed by atoms with Crippen molar-refractivity contribution in [2.45, 2.75) is 12.8 Å². The van der Waals surface area contributed by atoms with Gasteiger partial charge in [0, 0.05) is 5.92 Å². The van der Waals surface area contributed by atoms with E-state index in [0.717, 1.165) is 0 Å². The molecule has 0 fully saturated rings. The van der Waals surface area contributed by atoms with Crippen molar-refractivity contribution in [1.82, 2.24) is 0 Å². The Morgan fingerprint density at radius 3 is 2.11 bits per heavy atom. The van der Waals surface area contributed by atoms with Crippen LogP contribution in [0.5, 0.6) is 5.75 Å². The summed E-state index contributed by atoms with van der Waals surface area (Å²) in [5.74, 6) is 0.639. The number of hydrogen-bond donors (Lipinski definition) is 1. The first-order chi connectivity index (χ1) is 9.24.